The van der Waals surface area contributed by atoms with Crippen molar-refractivity contribution in [3.63, 3.8) is 0 Å². The molecular formula is C25H19ClN4O. The number of aromatic amines is 1. The van der Waals surface area contributed by atoms with Gasteiger partial charge in [0.15, 0.2) is 0 Å². The Morgan fingerprint density at radius 1 is 0.935 bits per heavy atom. The molecule has 6 heteroatoms. The van der Waals surface area contributed by atoms with Crippen LogP contribution in [0.3, 0.4) is 0 Å². The van der Waals surface area contributed by atoms with Crippen molar-refractivity contribution < 1.29 is 0 Å². The molecule has 0 unspecified atom stereocenters. The zero-order chi connectivity index (χ0) is 21.5. The van der Waals surface area contributed by atoms with Gasteiger partial charge in [0.05, 0.1) is 22.8 Å². The van der Waals surface area contributed by atoms with Crippen LogP contribution >= 0.6 is 11.6 Å². The smallest absolute Gasteiger partial charge is 0.304 e. The van der Waals surface area contributed by atoms with E-state index in [1.54, 1.807) is 0 Å². The highest BCUT2D eigenvalue weighted by atomic mass is 35.5. The number of imidazole rings is 1. The maximum absolute atomic E-state index is 12.6. The highest BCUT2D eigenvalue weighted by molar-refractivity contribution is 6.30. The number of benzene rings is 2. The molecule has 1 N–H and O–H groups in total. The Balaban J connectivity index is 1.78. The number of hydrogen-bond donors (Lipinski definition) is 1. The molecule has 0 amide bonds. The first-order chi connectivity index (χ1) is 15.0. The normalized spacial score (nSPS) is 11.2. The van der Waals surface area contributed by atoms with Crippen LogP contribution in [0.1, 0.15) is 11.1 Å². The fourth-order valence-corrected chi connectivity index (χ4v) is 4.01. The molecule has 0 spiro atoms. The van der Waals surface area contributed by atoms with E-state index in [1.807, 2.05) is 85.1 Å². The van der Waals surface area contributed by atoms with Gasteiger partial charge in [-0.15, -0.1) is 0 Å². The number of rotatable bonds is 3. The molecule has 0 aliphatic heterocycles. The molecule has 5 aromatic rings. The van der Waals surface area contributed by atoms with Gasteiger partial charge in [0.25, 0.3) is 0 Å². The lowest BCUT2D eigenvalue weighted by Crippen LogP contribution is -2.13. The van der Waals surface area contributed by atoms with Gasteiger partial charge < -0.3 is 4.98 Å². The summed E-state index contributed by atoms with van der Waals surface area (Å²) in [6.45, 7) is 4.07. The number of pyridine rings is 1. The minimum absolute atomic E-state index is 0.402. The molecule has 5 rings (SSSR count). The second-order valence-corrected chi connectivity index (χ2v) is 7.98. The first-order valence-electron chi connectivity index (χ1n) is 9.92. The highest BCUT2D eigenvalue weighted by Crippen LogP contribution is 2.33. The van der Waals surface area contributed by atoms with E-state index in [0.29, 0.717) is 16.4 Å². The zero-order valence-corrected chi connectivity index (χ0v) is 17.8. The molecule has 0 radical (unpaired) electrons. The van der Waals surface area contributed by atoms with Crippen molar-refractivity contribution in [2.75, 3.05) is 0 Å². The van der Waals surface area contributed by atoms with Gasteiger partial charge in [-0.1, -0.05) is 53.6 Å². The van der Waals surface area contributed by atoms with Crippen molar-refractivity contribution in [1.29, 1.82) is 0 Å². The Kier molecular flexibility index (Phi) is 4.68. The number of halogens is 1. The Labute approximate surface area is 184 Å². The molecule has 0 atom stereocenters. The average molecular weight is 427 g/mol. The summed E-state index contributed by atoms with van der Waals surface area (Å²) in [5.41, 5.74) is 7.29. The standard InChI is InChI=1S/C25H19ClN4O/c1-15-6-11-19(16(2)13-15)20-14-21(28-25(31)27-20)24-23(17-7-9-18(26)10-8-17)29-22-5-3-4-12-30(22)24/h3-14H,1-2H3,(H,27,28,31). The molecule has 31 heavy (non-hydrogen) atoms. The largest absolute Gasteiger partial charge is 0.346 e. The van der Waals surface area contributed by atoms with Gasteiger partial charge >= 0.3 is 5.69 Å². The van der Waals surface area contributed by atoms with E-state index in [9.17, 15) is 4.79 Å². The summed E-state index contributed by atoms with van der Waals surface area (Å²) < 4.78 is 1.97. The van der Waals surface area contributed by atoms with Crippen LogP contribution in [-0.4, -0.2) is 19.4 Å². The number of aromatic nitrogens is 4. The predicted octanol–water partition coefficient (Wildman–Crippen LogP) is 5.69. The maximum Gasteiger partial charge on any atom is 0.346 e. The van der Waals surface area contributed by atoms with Crippen LogP contribution in [0.25, 0.3) is 39.5 Å². The van der Waals surface area contributed by atoms with Gasteiger partial charge in [0.1, 0.15) is 5.65 Å². The van der Waals surface area contributed by atoms with E-state index in [1.165, 1.54) is 0 Å². The number of nitrogens with zero attached hydrogens (tertiary/aromatic N) is 3. The van der Waals surface area contributed by atoms with E-state index in [2.05, 4.69) is 16.0 Å². The van der Waals surface area contributed by atoms with Crippen LogP contribution in [0.2, 0.25) is 5.02 Å². The highest BCUT2D eigenvalue weighted by Gasteiger charge is 2.18. The lowest BCUT2D eigenvalue weighted by molar-refractivity contribution is 1.06. The molecule has 2 aromatic carbocycles. The van der Waals surface area contributed by atoms with E-state index in [4.69, 9.17) is 16.6 Å². The average Bonchev–Trinajstić information content (AvgIpc) is 3.13. The zero-order valence-electron chi connectivity index (χ0n) is 17.1. The van der Waals surface area contributed by atoms with Crippen molar-refractivity contribution in [2.45, 2.75) is 13.8 Å². The lowest BCUT2D eigenvalue weighted by atomic mass is 10.0. The summed E-state index contributed by atoms with van der Waals surface area (Å²) in [6, 6.07) is 21.4. The van der Waals surface area contributed by atoms with Gasteiger partial charge in [0, 0.05) is 22.3 Å². The third kappa shape index (κ3) is 3.53. The summed E-state index contributed by atoms with van der Waals surface area (Å²) in [5, 5.41) is 0.656. The fourth-order valence-electron chi connectivity index (χ4n) is 3.89. The molecule has 0 saturated carbocycles. The van der Waals surface area contributed by atoms with Crippen LogP contribution in [0.4, 0.5) is 0 Å². The van der Waals surface area contributed by atoms with Gasteiger partial charge in [0.2, 0.25) is 0 Å². The second kappa shape index (κ2) is 7.52. The van der Waals surface area contributed by atoms with Crippen LogP contribution in [0, 0.1) is 13.8 Å². The van der Waals surface area contributed by atoms with Gasteiger partial charge in [-0.25, -0.2) is 9.78 Å². The summed E-state index contributed by atoms with van der Waals surface area (Å²) in [5.74, 6) is 0. The molecular weight excluding hydrogens is 408 g/mol. The predicted molar refractivity (Wildman–Crippen MR) is 124 cm³/mol. The molecule has 0 fully saturated rings. The molecule has 0 aliphatic carbocycles. The molecule has 5 nitrogen and oxygen atoms in total. The van der Waals surface area contributed by atoms with Crippen molar-refractivity contribution in [2.24, 2.45) is 0 Å². The third-order valence-corrected chi connectivity index (χ3v) is 5.56. The molecule has 3 heterocycles. The molecule has 3 aromatic heterocycles. The van der Waals surface area contributed by atoms with Gasteiger partial charge in [-0.2, -0.15) is 4.98 Å². The van der Waals surface area contributed by atoms with E-state index < -0.39 is 5.69 Å². The SMILES string of the molecule is Cc1ccc(-c2cc(-c3c(-c4ccc(Cl)cc4)nc4ccccn34)[nH]c(=O)n2)c(C)c1. The Morgan fingerprint density at radius 3 is 2.52 bits per heavy atom. The third-order valence-electron chi connectivity index (χ3n) is 5.31. The maximum atomic E-state index is 12.6. The molecule has 152 valence electrons. The van der Waals surface area contributed by atoms with Gasteiger partial charge in [-0.3, -0.25) is 4.40 Å². The van der Waals surface area contributed by atoms with E-state index >= 15 is 0 Å². The van der Waals surface area contributed by atoms with Crippen molar-refractivity contribution >= 4 is 17.2 Å². The van der Waals surface area contributed by atoms with Crippen LogP contribution in [0.5, 0.6) is 0 Å². The quantitative estimate of drug-likeness (QED) is 0.403. The number of nitrogens with one attached hydrogen (secondary N) is 1. The van der Waals surface area contributed by atoms with Crippen molar-refractivity contribution in [3.05, 3.63) is 99.6 Å². The summed E-state index contributed by atoms with van der Waals surface area (Å²) in [4.78, 5) is 24.6. The Bertz CT molecular complexity index is 1480. The van der Waals surface area contributed by atoms with E-state index in [-0.39, 0.29) is 0 Å². The topological polar surface area (TPSA) is 63.1 Å². The monoisotopic (exact) mass is 426 g/mol. The number of fused-ring (bicyclic) bond motifs is 1. The molecule has 0 bridgehead atoms. The number of hydrogen-bond acceptors (Lipinski definition) is 3. The van der Waals surface area contributed by atoms with Gasteiger partial charge in [-0.05, 0) is 49.7 Å². The Morgan fingerprint density at radius 2 is 1.74 bits per heavy atom. The molecule has 0 saturated heterocycles. The summed E-state index contributed by atoms with van der Waals surface area (Å²) in [7, 11) is 0. The summed E-state index contributed by atoms with van der Waals surface area (Å²) in [6.07, 6.45) is 1.94. The Hall–Kier alpha value is -3.70. The van der Waals surface area contributed by atoms with Crippen molar-refractivity contribution in [1.82, 2.24) is 19.4 Å². The lowest BCUT2D eigenvalue weighted by Gasteiger charge is -2.10. The van der Waals surface area contributed by atoms with Crippen LogP contribution in [0.15, 0.2) is 77.7 Å². The van der Waals surface area contributed by atoms with Crippen molar-refractivity contribution in [3.8, 4) is 33.9 Å². The minimum Gasteiger partial charge on any atom is -0.304 e. The first kappa shape index (κ1) is 19.3. The number of H-pyrrole nitrogens is 1. The van der Waals surface area contributed by atoms with E-state index in [0.717, 1.165) is 39.3 Å². The van der Waals surface area contributed by atoms with Crippen LogP contribution < -0.4 is 5.69 Å². The first-order valence-corrected chi connectivity index (χ1v) is 10.3. The fraction of sp³-hybridized carbons (Fsp3) is 0.0800. The van der Waals surface area contributed by atoms with Crippen LogP contribution in [-0.2, 0) is 0 Å². The second-order valence-electron chi connectivity index (χ2n) is 7.55. The number of aryl methyl sites for hydroxylation is 2. The summed E-state index contributed by atoms with van der Waals surface area (Å²) >= 11 is 6.09. The molecule has 0 aliphatic rings. The minimum atomic E-state index is -0.402.